The van der Waals surface area contributed by atoms with E-state index in [4.69, 9.17) is 4.42 Å². The van der Waals surface area contributed by atoms with Crippen molar-refractivity contribution in [1.82, 2.24) is 20.2 Å². The third-order valence-corrected chi connectivity index (χ3v) is 4.65. The second-order valence-corrected chi connectivity index (χ2v) is 6.47. The van der Waals surface area contributed by atoms with E-state index in [0.717, 1.165) is 19.3 Å². The molecule has 0 aliphatic heterocycles. The van der Waals surface area contributed by atoms with E-state index >= 15 is 0 Å². The molecule has 6 nitrogen and oxygen atoms in total. The molecule has 28 heavy (non-hydrogen) atoms. The number of rotatable bonds is 5. The van der Waals surface area contributed by atoms with Crippen LogP contribution in [0.1, 0.15) is 56.6 Å². The molecule has 8 heteroatoms. The molecule has 148 valence electrons. The van der Waals surface area contributed by atoms with Crippen LogP contribution in [0.2, 0.25) is 0 Å². The number of aryl methyl sites for hydroxylation is 1. The number of nitrogens with one attached hydrogen (secondary N) is 1. The van der Waals surface area contributed by atoms with Gasteiger partial charge >= 0.3 is 6.43 Å². The number of aromatic nitrogens is 4. The van der Waals surface area contributed by atoms with Crippen LogP contribution in [0, 0.1) is 6.92 Å². The maximum absolute atomic E-state index is 12.5. The Hall–Kier alpha value is -2.90. The number of anilines is 1. The monoisotopic (exact) mass is 387 g/mol. The Morgan fingerprint density at radius 2 is 1.82 bits per heavy atom. The molecule has 0 saturated heterocycles. The van der Waals surface area contributed by atoms with Gasteiger partial charge in [-0.15, -0.1) is 10.2 Å². The van der Waals surface area contributed by atoms with Crippen molar-refractivity contribution in [3.63, 3.8) is 0 Å². The molecule has 1 fully saturated rings. The largest absolute Gasteiger partial charge is 0.415 e. The molecule has 0 bridgehead atoms. The van der Waals surface area contributed by atoms with Gasteiger partial charge in [0.25, 0.3) is 11.8 Å². The van der Waals surface area contributed by atoms with Crippen LogP contribution in [0.25, 0.3) is 11.5 Å². The number of halogens is 2. The van der Waals surface area contributed by atoms with Gasteiger partial charge in [0.15, 0.2) is 0 Å². The molecule has 1 aliphatic rings. The Kier molecular flexibility index (Phi) is 5.96. The summed E-state index contributed by atoms with van der Waals surface area (Å²) in [6, 6.07) is 8.40. The van der Waals surface area contributed by atoms with Gasteiger partial charge in [0.05, 0.1) is 11.1 Å². The lowest BCUT2D eigenvalue weighted by Gasteiger charge is -2.43. The summed E-state index contributed by atoms with van der Waals surface area (Å²) in [4.78, 5) is 8.57. The predicted molar refractivity (Wildman–Crippen MR) is 102 cm³/mol. The van der Waals surface area contributed by atoms with Crippen LogP contribution in [-0.2, 0) is 5.54 Å². The van der Waals surface area contributed by atoms with E-state index in [1.54, 1.807) is 0 Å². The van der Waals surface area contributed by atoms with E-state index in [0.29, 0.717) is 11.5 Å². The Morgan fingerprint density at radius 3 is 2.36 bits per heavy atom. The number of nitrogens with zero attached hydrogens (tertiary/aromatic N) is 4. The number of alkyl halides is 2. The van der Waals surface area contributed by atoms with Crippen LogP contribution < -0.4 is 5.32 Å². The van der Waals surface area contributed by atoms with Gasteiger partial charge in [0.1, 0.15) is 0 Å². The minimum atomic E-state index is -2.80. The Bertz CT molecular complexity index is 907. The summed E-state index contributed by atoms with van der Waals surface area (Å²) in [6.45, 7) is 6.07. The smallest absolute Gasteiger partial charge is 0.314 e. The molecule has 1 aliphatic carbocycles. The standard InChI is InChI=1S/C18H17F2N5O.C2H6/c1-11-4-2-5-13(8-11)18(6-3-7-18)23-17-21-9-12(10-22-17)15-24-25-16(26-15)14(19)20;1-2/h2,4-5,8-10,14H,3,6-7H2,1H3,(H,21,22,23);1-2H3. The van der Waals surface area contributed by atoms with Gasteiger partial charge in [0, 0.05) is 12.4 Å². The van der Waals surface area contributed by atoms with E-state index in [1.165, 1.54) is 23.5 Å². The summed E-state index contributed by atoms with van der Waals surface area (Å²) in [7, 11) is 0. The first-order valence-electron chi connectivity index (χ1n) is 9.35. The van der Waals surface area contributed by atoms with Crippen LogP contribution >= 0.6 is 0 Å². The molecule has 4 rings (SSSR count). The lowest BCUT2D eigenvalue weighted by Crippen LogP contribution is -2.42. The summed E-state index contributed by atoms with van der Waals surface area (Å²) in [6.07, 6.45) is 3.32. The maximum Gasteiger partial charge on any atom is 0.314 e. The highest BCUT2D eigenvalue weighted by Crippen LogP contribution is 2.43. The minimum Gasteiger partial charge on any atom is -0.415 e. The zero-order valence-electron chi connectivity index (χ0n) is 16.1. The third-order valence-electron chi connectivity index (χ3n) is 4.65. The minimum absolute atomic E-state index is 0.0242. The molecular weight excluding hydrogens is 364 g/mol. The number of hydrogen-bond donors (Lipinski definition) is 1. The van der Waals surface area contributed by atoms with Gasteiger partial charge in [-0.3, -0.25) is 0 Å². The Balaban J connectivity index is 0.00000109. The summed E-state index contributed by atoms with van der Waals surface area (Å²) in [5.41, 5.74) is 2.65. The van der Waals surface area contributed by atoms with Gasteiger partial charge in [-0.05, 0) is 31.7 Å². The first kappa shape index (κ1) is 19.9. The van der Waals surface area contributed by atoms with Crippen LogP contribution in [0.3, 0.4) is 0 Å². The van der Waals surface area contributed by atoms with E-state index in [-0.39, 0.29) is 11.4 Å². The van der Waals surface area contributed by atoms with Crippen LogP contribution in [0.5, 0.6) is 0 Å². The second kappa shape index (κ2) is 8.41. The van der Waals surface area contributed by atoms with Crippen molar-refractivity contribution in [3.05, 3.63) is 53.7 Å². The van der Waals surface area contributed by atoms with Crippen LogP contribution in [-0.4, -0.2) is 20.2 Å². The Morgan fingerprint density at radius 1 is 1.11 bits per heavy atom. The second-order valence-electron chi connectivity index (χ2n) is 6.47. The summed E-state index contributed by atoms with van der Waals surface area (Å²) < 4.78 is 30.0. The van der Waals surface area contributed by atoms with E-state index < -0.39 is 12.3 Å². The van der Waals surface area contributed by atoms with Crippen molar-refractivity contribution in [2.75, 3.05) is 5.32 Å². The van der Waals surface area contributed by atoms with Gasteiger partial charge in [-0.1, -0.05) is 43.7 Å². The highest BCUT2D eigenvalue weighted by molar-refractivity contribution is 5.51. The lowest BCUT2D eigenvalue weighted by atomic mass is 9.71. The molecule has 2 heterocycles. The lowest BCUT2D eigenvalue weighted by molar-refractivity contribution is 0.116. The van der Waals surface area contributed by atoms with Gasteiger partial charge in [-0.25, -0.2) is 9.97 Å². The average molecular weight is 387 g/mol. The first-order valence-corrected chi connectivity index (χ1v) is 9.35. The van der Waals surface area contributed by atoms with E-state index in [1.807, 2.05) is 19.9 Å². The fraction of sp³-hybridized carbons (Fsp3) is 0.400. The molecule has 1 N–H and O–H groups in total. The third kappa shape index (κ3) is 4.00. The normalized spacial score (nSPS) is 14.8. The Labute approximate surface area is 162 Å². The molecular formula is C20H23F2N5O. The molecule has 3 aromatic rings. The van der Waals surface area contributed by atoms with Gasteiger partial charge < -0.3 is 9.73 Å². The first-order chi connectivity index (χ1) is 13.6. The molecule has 0 radical (unpaired) electrons. The van der Waals surface area contributed by atoms with Crippen molar-refractivity contribution in [2.45, 2.75) is 52.0 Å². The van der Waals surface area contributed by atoms with Crippen LogP contribution in [0.4, 0.5) is 14.7 Å². The topological polar surface area (TPSA) is 76.7 Å². The molecule has 1 aromatic carbocycles. The van der Waals surface area contributed by atoms with Crippen molar-refractivity contribution in [2.24, 2.45) is 0 Å². The number of benzene rings is 1. The predicted octanol–water partition coefficient (Wildman–Crippen LogP) is 5.29. The fourth-order valence-corrected chi connectivity index (χ4v) is 3.12. The summed E-state index contributed by atoms with van der Waals surface area (Å²) in [5, 5.41) is 10.3. The molecule has 0 amide bonds. The maximum atomic E-state index is 12.5. The van der Waals surface area contributed by atoms with Crippen LogP contribution in [0.15, 0.2) is 41.1 Å². The van der Waals surface area contributed by atoms with Crippen molar-refractivity contribution in [3.8, 4) is 11.5 Å². The zero-order chi connectivity index (χ0) is 20.1. The summed E-state index contributed by atoms with van der Waals surface area (Å²) in [5.74, 6) is -0.262. The molecule has 0 spiro atoms. The van der Waals surface area contributed by atoms with E-state index in [2.05, 4.69) is 50.6 Å². The van der Waals surface area contributed by atoms with Crippen molar-refractivity contribution >= 4 is 5.95 Å². The SMILES string of the molecule is CC.Cc1cccc(C2(Nc3ncc(-c4nnc(C(F)F)o4)cn3)CCC2)c1. The van der Waals surface area contributed by atoms with Crippen molar-refractivity contribution in [1.29, 1.82) is 0 Å². The number of hydrogen-bond acceptors (Lipinski definition) is 6. The molecule has 2 aromatic heterocycles. The van der Waals surface area contributed by atoms with Gasteiger partial charge in [0.2, 0.25) is 5.95 Å². The van der Waals surface area contributed by atoms with E-state index in [9.17, 15) is 8.78 Å². The highest BCUT2D eigenvalue weighted by atomic mass is 19.3. The molecule has 0 atom stereocenters. The van der Waals surface area contributed by atoms with Gasteiger partial charge in [-0.2, -0.15) is 8.78 Å². The summed E-state index contributed by atoms with van der Waals surface area (Å²) >= 11 is 0. The fourth-order valence-electron chi connectivity index (χ4n) is 3.12. The molecule has 1 saturated carbocycles. The highest BCUT2D eigenvalue weighted by Gasteiger charge is 2.39. The zero-order valence-corrected chi connectivity index (χ0v) is 16.1. The molecule has 0 unspecified atom stereocenters. The quantitative estimate of drug-likeness (QED) is 0.641. The average Bonchev–Trinajstić information content (AvgIpc) is 3.17. The van der Waals surface area contributed by atoms with Crippen molar-refractivity contribution < 1.29 is 13.2 Å².